The van der Waals surface area contributed by atoms with Gasteiger partial charge >= 0.3 is 12.1 Å². The van der Waals surface area contributed by atoms with Crippen LogP contribution in [0.5, 0.6) is 0 Å². The summed E-state index contributed by atoms with van der Waals surface area (Å²) in [5.41, 5.74) is -0.544. The summed E-state index contributed by atoms with van der Waals surface area (Å²) in [5, 5.41) is 11.7. The van der Waals surface area contributed by atoms with Crippen LogP contribution in [0, 0.1) is 5.92 Å². The Morgan fingerprint density at radius 3 is 2.56 bits per heavy atom. The predicted octanol–water partition coefficient (Wildman–Crippen LogP) is 0.916. The number of nitrogens with one attached hydrogen (secondary N) is 1. The van der Waals surface area contributed by atoms with Gasteiger partial charge in [0.05, 0.1) is 5.92 Å². The van der Waals surface area contributed by atoms with Gasteiger partial charge < -0.3 is 20.1 Å². The molecule has 1 aliphatic rings. The van der Waals surface area contributed by atoms with Gasteiger partial charge in [0.25, 0.3) is 0 Å². The van der Waals surface area contributed by atoms with E-state index in [1.165, 1.54) is 0 Å². The molecule has 0 bridgehead atoms. The van der Waals surface area contributed by atoms with E-state index in [1.54, 1.807) is 20.8 Å². The van der Waals surface area contributed by atoms with Crippen molar-refractivity contribution in [2.45, 2.75) is 38.8 Å². The lowest BCUT2D eigenvalue weighted by Gasteiger charge is -2.25. The normalized spacial score (nSPS) is 24.9. The Balaban J connectivity index is 2.46. The van der Waals surface area contributed by atoms with Crippen molar-refractivity contribution in [2.24, 2.45) is 5.92 Å². The third-order valence-electron chi connectivity index (χ3n) is 3.00. The number of alkyl carbamates (subject to hydrolysis) is 1. The Bertz CT molecular complexity index is 325. The average molecular weight is 258 g/mol. The van der Waals surface area contributed by atoms with Gasteiger partial charge in [0, 0.05) is 12.6 Å². The van der Waals surface area contributed by atoms with Gasteiger partial charge in [0.1, 0.15) is 5.60 Å². The number of aliphatic carboxylic acids is 1. The van der Waals surface area contributed by atoms with Crippen LogP contribution < -0.4 is 5.32 Å². The maximum atomic E-state index is 11.5. The summed E-state index contributed by atoms with van der Waals surface area (Å²) < 4.78 is 5.11. The number of nitrogens with zero attached hydrogens (tertiary/aromatic N) is 1. The Morgan fingerprint density at radius 2 is 2.06 bits per heavy atom. The first-order valence-electron chi connectivity index (χ1n) is 6.10. The molecule has 1 aliphatic heterocycles. The highest BCUT2D eigenvalue weighted by atomic mass is 16.6. The molecule has 6 heteroatoms. The van der Waals surface area contributed by atoms with Crippen molar-refractivity contribution >= 4 is 12.1 Å². The Labute approximate surface area is 107 Å². The molecule has 18 heavy (non-hydrogen) atoms. The number of hydrogen-bond acceptors (Lipinski definition) is 4. The molecule has 2 atom stereocenters. The lowest BCUT2D eigenvalue weighted by Crippen LogP contribution is -2.44. The van der Waals surface area contributed by atoms with Gasteiger partial charge in [-0.3, -0.25) is 4.79 Å². The topological polar surface area (TPSA) is 78.9 Å². The summed E-state index contributed by atoms with van der Waals surface area (Å²) in [6.07, 6.45) is 0.110. The SMILES string of the molecule is CN1CCC(C(=O)O)C1CNC(=O)OC(C)(C)C. The van der Waals surface area contributed by atoms with Crippen molar-refractivity contribution in [1.82, 2.24) is 10.2 Å². The fraction of sp³-hybridized carbons (Fsp3) is 0.833. The predicted molar refractivity (Wildman–Crippen MR) is 66.4 cm³/mol. The molecule has 1 heterocycles. The van der Waals surface area contributed by atoms with Crippen LogP contribution in [0.25, 0.3) is 0 Å². The molecule has 1 rings (SSSR count). The Kier molecular flexibility index (Phi) is 4.56. The van der Waals surface area contributed by atoms with Gasteiger partial charge in [-0.25, -0.2) is 4.79 Å². The number of ether oxygens (including phenoxy) is 1. The van der Waals surface area contributed by atoms with E-state index in [4.69, 9.17) is 9.84 Å². The molecular weight excluding hydrogens is 236 g/mol. The molecule has 1 amide bonds. The number of amides is 1. The molecule has 0 aromatic rings. The van der Waals surface area contributed by atoms with E-state index < -0.39 is 23.6 Å². The highest BCUT2D eigenvalue weighted by molar-refractivity contribution is 5.72. The number of likely N-dealkylation sites (tertiary alicyclic amines) is 1. The number of carbonyl (C=O) groups is 2. The summed E-state index contributed by atoms with van der Waals surface area (Å²) in [6.45, 7) is 6.39. The first-order valence-corrected chi connectivity index (χ1v) is 6.10. The van der Waals surface area contributed by atoms with Gasteiger partial charge in [-0.15, -0.1) is 0 Å². The van der Waals surface area contributed by atoms with Crippen LogP contribution in [0.2, 0.25) is 0 Å². The standard InChI is InChI=1S/C12H22N2O4/c1-12(2,3)18-11(17)13-7-9-8(10(15)16)5-6-14(9)4/h8-9H,5-7H2,1-4H3,(H,13,17)(H,15,16). The number of carboxylic acids is 1. The van der Waals surface area contributed by atoms with Crippen molar-refractivity contribution in [3.63, 3.8) is 0 Å². The van der Waals surface area contributed by atoms with Gasteiger partial charge in [0.15, 0.2) is 0 Å². The summed E-state index contributed by atoms with van der Waals surface area (Å²) in [5.74, 6) is -1.24. The minimum atomic E-state index is -0.810. The van der Waals surface area contributed by atoms with Crippen molar-refractivity contribution in [1.29, 1.82) is 0 Å². The van der Waals surface area contributed by atoms with Crippen LogP contribution in [0.1, 0.15) is 27.2 Å². The highest BCUT2D eigenvalue weighted by Gasteiger charge is 2.37. The van der Waals surface area contributed by atoms with Gasteiger partial charge in [-0.2, -0.15) is 0 Å². The van der Waals surface area contributed by atoms with E-state index in [0.29, 0.717) is 13.0 Å². The molecule has 1 fully saturated rings. The van der Waals surface area contributed by atoms with Crippen LogP contribution >= 0.6 is 0 Å². The summed E-state index contributed by atoms with van der Waals surface area (Å²) in [6, 6.07) is -0.171. The zero-order chi connectivity index (χ0) is 13.9. The average Bonchev–Trinajstić information content (AvgIpc) is 2.54. The van der Waals surface area contributed by atoms with Crippen molar-refractivity contribution in [3.8, 4) is 0 Å². The maximum absolute atomic E-state index is 11.5. The van der Waals surface area contributed by atoms with Gasteiger partial charge in [-0.05, 0) is 40.8 Å². The Hall–Kier alpha value is -1.30. The molecule has 0 aliphatic carbocycles. The van der Waals surface area contributed by atoms with Crippen molar-refractivity contribution in [3.05, 3.63) is 0 Å². The van der Waals surface area contributed by atoms with E-state index in [0.717, 1.165) is 6.54 Å². The fourth-order valence-corrected chi connectivity index (χ4v) is 2.10. The lowest BCUT2D eigenvalue weighted by atomic mass is 10.0. The molecule has 104 valence electrons. The van der Waals surface area contributed by atoms with Gasteiger partial charge in [-0.1, -0.05) is 0 Å². The number of hydrogen-bond donors (Lipinski definition) is 2. The fourth-order valence-electron chi connectivity index (χ4n) is 2.10. The van der Waals surface area contributed by atoms with E-state index >= 15 is 0 Å². The van der Waals surface area contributed by atoms with Crippen LogP contribution in [0.4, 0.5) is 4.79 Å². The minimum Gasteiger partial charge on any atom is -0.481 e. The second kappa shape index (κ2) is 5.56. The molecule has 0 aromatic carbocycles. The second-order valence-corrected chi connectivity index (χ2v) is 5.66. The smallest absolute Gasteiger partial charge is 0.407 e. The summed E-state index contributed by atoms with van der Waals surface area (Å²) >= 11 is 0. The molecule has 2 unspecified atom stereocenters. The number of carboxylic acid groups (broad SMARTS) is 1. The third kappa shape index (κ3) is 4.18. The first kappa shape index (κ1) is 14.8. The molecule has 6 nitrogen and oxygen atoms in total. The van der Waals surface area contributed by atoms with E-state index in [9.17, 15) is 9.59 Å². The third-order valence-corrected chi connectivity index (χ3v) is 3.00. The maximum Gasteiger partial charge on any atom is 0.407 e. The zero-order valence-electron chi connectivity index (χ0n) is 11.4. The lowest BCUT2D eigenvalue weighted by molar-refractivity contribution is -0.142. The van der Waals surface area contributed by atoms with E-state index in [1.807, 2.05) is 11.9 Å². The Morgan fingerprint density at radius 1 is 1.44 bits per heavy atom. The molecular formula is C12H22N2O4. The molecule has 2 N–H and O–H groups in total. The first-order chi connectivity index (χ1) is 8.20. The highest BCUT2D eigenvalue weighted by Crippen LogP contribution is 2.22. The minimum absolute atomic E-state index is 0.171. The summed E-state index contributed by atoms with van der Waals surface area (Å²) in [7, 11) is 1.87. The van der Waals surface area contributed by atoms with Crippen LogP contribution in [0.15, 0.2) is 0 Å². The number of likely N-dealkylation sites (N-methyl/N-ethyl adjacent to an activating group) is 1. The molecule has 0 saturated carbocycles. The zero-order valence-corrected chi connectivity index (χ0v) is 11.4. The largest absolute Gasteiger partial charge is 0.481 e. The van der Waals surface area contributed by atoms with Crippen molar-refractivity contribution < 1.29 is 19.4 Å². The number of carbonyl (C=O) groups excluding carboxylic acids is 1. The summed E-state index contributed by atoms with van der Waals surface area (Å²) in [4.78, 5) is 24.5. The van der Waals surface area contributed by atoms with Crippen LogP contribution in [-0.2, 0) is 9.53 Å². The molecule has 0 aromatic heterocycles. The molecule has 0 radical (unpaired) electrons. The molecule has 1 saturated heterocycles. The van der Waals surface area contributed by atoms with Crippen LogP contribution in [0.3, 0.4) is 0 Å². The quantitative estimate of drug-likeness (QED) is 0.787. The van der Waals surface area contributed by atoms with E-state index in [-0.39, 0.29) is 6.04 Å². The monoisotopic (exact) mass is 258 g/mol. The molecule has 0 spiro atoms. The van der Waals surface area contributed by atoms with E-state index in [2.05, 4.69) is 5.32 Å². The second-order valence-electron chi connectivity index (χ2n) is 5.66. The van der Waals surface area contributed by atoms with Gasteiger partial charge in [0.2, 0.25) is 0 Å². The number of rotatable bonds is 3. The van der Waals surface area contributed by atoms with Crippen LogP contribution in [-0.4, -0.2) is 53.8 Å². The van der Waals surface area contributed by atoms with Crippen molar-refractivity contribution in [2.75, 3.05) is 20.1 Å².